The molecule has 0 spiro atoms. The Labute approximate surface area is 128 Å². The minimum Gasteiger partial charge on any atom is -0.465 e. The Morgan fingerprint density at radius 2 is 1.67 bits per heavy atom. The monoisotopic (exact) mass is 305 g/mol. The van der Waals surface area contributed by atoms with Crippen molar-refractivity contribution in [3.8, 4) is 0 Å². The van der Waals surface area contributed by atoms with Crippen molar-refractivity contribution in [1.82, 2.24) is 5.32 Å². The second-order valence-corrected chi connectivity index (χ2v) is 4.98. The van der Waals surface area contributed by atoms with Gasteiger partial charge in [0.25, 0.3) is 0 Å². The minimum atomic E-state index is -0.636. The summed E-state index contributed by atoms with van der Waals surface area (Å²) in [5.41, 5.74) is -0.636. The first kappa shape index (κ1) is 20.3. The van der Waals surface area contributed by atoms with Crippen LogP contribution in [0.2, 0.25) is 0 Å². The summed E-state index contributed by atoms with van der Waals surface area (Å²) in [7, 11) is 3.43. The SMILES string of the molecule is CCOC(=O)C(C)(CCCOCCCOCCOC)NC. The maximum atomic E-state index is 11.8. The second-order valence-electron chi connectivity index (χ2n) is 4.98. The molecular weight excluding hydrogens is 274 g/mol. The van der Waals surface area contributed by atoms with Crippen LogP contribution in [0.4, 0.5) is 0 Å². The van der Waals surface area contributed by atoms with E-state index < -0.39 is 5.54 Å². The summed E-state index contributed by atoms with van der Waals surface area (Å²) in [5.74, 6) is -0.209. The van der Waals surface area contributed by atoms with Gasteiger partial charge in [-0.2, -0.15) is 0 Å². The standard InChI is InChI=1S/C15H31NO5/c1-5-21-14(17)15(2,16-3)8-6-9-19-10-7-11-20-13-12-18-4/h16H,5-13H2,1-4H3. The van der Waals surface area contributed by atoms with E-state index in [9.17, 15) is 4.79 Å². The van der Waals surface area contributed by atoms with Gasteiger partial charge >= 0.3 is 5.97 Å². The number of nitrogens with one attached hydrogen (secondary N) is 1. The van der Waals surface area contributed by atoms with Crippen molar-refractivity contribution in [2.75, 3.05) is 53.8 Å². The Kier molecular flexibility index (Phi) is 12.6. The van der Waals surface area contributed by atoms with Crippen LogP contribution >= 0.6 is 0 Å². The zero-order chi connectivity index (χ0) is 16.0. The number of ether oxygens (including phenoxy) is 4. The average molecular weight is 305 g/mol. The van der Waals surface area contributed by atoms with Crippen LogP contribution < -0.4 is 5.32 Å². The Balaban J connectivity index is 3.57. The van der Waals surface area contributed by atoms with Gasteiger partial charge in [-0.25, -0.2) is 0 Å². The van der Waals surface area contributed by atoms with E-state index in [0.717, 1.165) is 12.8 Å². The van der Waals surface area contributed by atoms with E-state index in [1.165, 1.54) is 0 Å². The Morgan fingerprint density at radius 3 is 2.24 bits per heavy atom. The van der Waals surface area contributed by atoms with Crippen LogP contribution in [0.15, 0.2) is 0 Å². The molecule has 0 aliphatic rings. The molecule has 0 aromatic rings. The first-order valence-corrected chi connectivity index (χ1v) is 7.61. The van der Waals surface area contributed by atoms with Crippen LogP contribution in [-0.4, -0.2) is 65.3 Å². The molecule has 0 aromatic heterocycles. The van der Waals surface area contributed by atoms with Gasteiger partial charge in [-0.15, -0.1) is 0 Å². The zero-order valence-electron chi connectivity index (χ0n) is 13.9. The average Bonchev–Trinajstić information content (AvgIpc) is 2.49. The molecule has 0 aliphatic heterocycles. The van der Waals surface area contributed by atoms with Crippen molar-refractivity contribution >= 4 is 5.97 Å². The van der Waals surface area contributed by atoms with Gasteiger partial charge < -0.3 is 24.3 Å². The predicted octanol–water partition coefficient (Wildman–Crippen LogP) is 1.38. The van der Waals surface area contributed by atoms with E-state index in [1.807, 2.05) is 13.8 Å². The van der Waals surface area contributed by atoms with Crippen molar-refractivity contribution in [2.45, 2.75) is 38.6 Å². The summed E-state index contributed by atoms with van der Waals surface area (Å²) < 4.78 is 20.8. The molecular formula is C15H31NO5. The molecule has 0 radical (unpaired) electrons. The molecule has 0 saturated heterocycles. The van der Waals surface area contributed by atoms with Gasteiger partial charge in [-0.05, 0) is 40.2 Å². The van der Waals surface area contributed by atoms with Crippen molar-refractivity contribution in [1.29, 1.82) is 0 Å². The first-order valence-electron chi connectivity index (χ1n) is 7.61. The highest BCUT2D eigenvalue weighted by molar-refractivity contribution is 5.80. The number of methoxy groups -OCH3 is 1. The van der Waals surface area contributed by atoms with E-state index in [4.69, 9.17) is 18.9 Å². The van der Waals surface area contributed by atoms with E-state index in [2.05, 4.69) is 5.32 Å². The largest absolute Gasteiger partial charge is 0.465 e. The smallest absolute Gasteiger partial charge is 0.326 e. The number of hydrogen-bond donors (Lipinski definition) is 1. The van der Waals surface area contributed by atoms with Crippen LogP contribution in [0.5, 0.6) is 0 Å². The van der Waals surface area contributed by atoms with Gasteiger partial charge in [0.2, 0.25) is 0 Å². The Bertz CT molecular complexity index is 262. The van der Waals surface area contributed by atoms with Crippen molar-refractivity contribution in [2.24, 2.45) is 0 Å². The summed E-state index contributed by atoms with van der Waals surface area (Å²) in [6.45, 7) is 7.29. The molecule has 0 heterocycles. The molecule has 1 unspecified atom stereocenters. The fraction of sp³-hybridized carbons (Fsp3) is 0.933. The molecule has 6 nitrogen and oxygen atoms in total. The number of rotatable bonds is 14. The topological polar surface area (TPSA) is 66.0 Å². The lowest BCUT2D eigenvalue weighted by Gasteiger charge is -2.26. The highest BCUT2D eigenvalue weighted by Gasteiger charge is 2.32. The number of carbonyl (C=O) groups excluding carboxylic acids is 1. The molecule has 6 heteroatoms. The summed E-state index contributed by atoms with van der Waals surface area (Å²) in [4.78, 5) is 11.8. The highest BCUT2D eigenvalue weighted by Crippen LogP contribution is 2.14. The van der Waals surface area contributed by atoms with Crippen LogP contribution in [0.3, 0.4) is 0 Å². The van der Waals surface area contributed by atoms with Crippen LogP contribution in [0, 0.1) is 0 Å². The molecule has 1 atom stereocenters. The number of hydrogen-bond acceptors (Lipinski definition) is 6. The molecule has 0 amide bonds. The van der Waals surface area contributed by atoms with Crippen molar-refractivity contribution < 1.29 is 23.7 Å². The van der Waals surface area contributed by atoms with Gasteiger partial charge in [0.1, 0.15) is 5.54 Å². The summed E-state index contributed by atoms with van der Waals surface area (Å²) in [5, 5.41) is 3.03. The molecule has 21 heavy (non-hydrogen) atoms. The minimum absolute atomic E-state index is 0.209. The fourth-order valence-electron chi connectivity index (χ4n) is 1.76. The third-order valence-corrected chi connectivity index (χ3v) is 3.25. The Morgan fingerprint density at radius 1 is 1.05 bits per heavy atom. The molecule has 0 aromatic carbocycles. The van der Waals surface area contributed by atoms with Gasteiger partial charge in [-0.1, -0.05) is 0 Å². The number of carbonyl (C=O) groups is 1. The summed E-state index contributed by atoms with van der Waals surface area (Å²) in [6, 6.07) is 0. The van der Waals surface area contributed by atoms with E-state index in [-0.39, 0.29) is 5.97 Å². The molecule has 0 rings (SSSR count). The fourth-order valence-corrected chi connectivity index (χ4v) is 1.76. The lowest BCUT2D eigenvalue weighted by Crippen LogP contribution is -2.48. The van der Waals surface area contributed by atoms with Gasteiger partial charge in [-0.3, -0.25) is 4.79 Å². The van der Waals surface area contributed by atoms with Crippen LogP contribution in [0.1, 0.15) is 33.1 Å². The third-order valence-electron chi connectivity index (χ3n) is 3.25. The van der Waals surface area contributed by atoms with Gasteiger partial charge in [0.15, 0.2) is 0 Å². The molecule has 126 valence electrons. The lowest BCUT2D eigenvalue weighted by molar-refractivity contribution is -0.150. The molecule has 0 bridgehead atoms. The van der Waals surface area contributed by atoms with Crippen molar-refractivity contribution in [3.05, 3.63) is 0 Å². The molecule has 0 aliphatic carbocycles. The molecule has 0 saturated carbocycles. The Hall–Kier alpha value is -0.690. The summed E-state index contributed by atoms with van der Waals surface area (Å²) >= 11 is 0. The zero-order valence-corrected chi connectivity index (χ0v) is 13.9. The van der Waals surface area contributed by atoms with E-state index >= 15 is 0 Å². The normalized spacial score (nSPS) is 13.9. The summed E-state index contributed by atoms with van der Waals surface area (Å²) in [6.07, 6.45) is 2.36. The molecule has 0 fully saturated rings. The quantitative estimate of drug-likeness (QED) is 0.386. The first-order chi connectivity index (χ1) is 10.1. The van der Waals surface area contributed by atoms with E-state index in [0.29, 0.717) is 46.1 Å². The number of likely N-dealkylation sites (N-methyl/N-ethyl adjacent to an activating group) is 1. The molecule has 1 N–H and O–H groups in total. The lowest BCUT2D eigenvalue weighted by atomic mass is 9.96. The van der Waals surface area contributed by atoms with Crippen LogP contribution in [0.25, 0.3) is 0 Å². The maximum Gasteiger partial charge on any atom is 0.326 e. The second kappa shape index (κ2) is 13.0. The predicted molar refractivity (Wildman–Crippen MR) is 81.5 cm³/mol. The highest BCUT2D eigenvalue weighted by atomic mass is 16.5. The maximum absolute atomic E-state index is 11.8. The number of esters is 1. The van der Waals surface area contributed by atoms with Gasteiger partial charge in [0, 0.05) is 26.9 Å². The van der Waals surface area contributed by atoms with Crippen LogP contribution in [-0.2, 0) is 23.7 Å². The third kappa shape index (κ3) is 9.79. The van der Waals surface area contributed by atoms with Crippen molar-refractivity contribution in [3.63, 3.8) is 0 Å². The van der Waals surface area contributed by atoms with E-state index in [1.54, 1.807) is 14.2 Å². The van der Waals surface area contributed by atoms with Gasteiger partial charge in [0.05, 0.1) is 19.8 Å².